The van der Waals surface area contributed by atoms with E-state index in [1.165, 1.54) is 12.1 Å². The lowest BCUT2D eigenvalue weighted by Crippen LogP contribution is -2.13. The van der Waals surface area contributed by atoms with Crippen molar-refractivity contribution < 1.29 is 9.18 Å². The molecule has 6 heteroatoms. The van der Waals surface area contributed by atoms with Crippen molar-refractivity contribution in [2.45, 2.75) is 19.3 Å². The number of H-pyrrole nitrogens is 1. The van der Waals surface area contributed by atoms with Crippen molar-refractivity contribution in [3.8, 4) is 0 Å². The van der Waals surface area contributed by atoms with Crippen molar-refractivity contribution in [3.63, 3.8) is 0 Å². The maximum absolute atomic E-state index is 12.9. The van der Waals surface area contributed by atoms with Crippen LogP contribution < -0.4 is 5.73 Å². The molecule has 0 bridgehead atoms. The Balaban J connectivity index is 1.55. The third-order valence-corrected chi connectivity index (χ3v) is 3.86. The molecule has 0 saturated heterocycles. The van der Waals surface area contributed by atoms with Gasteiger partial charge in [-0.1, -0.05) is 30.3 Å². The van der Waals surface area contributed by atoms with Gasteiger partial charge in [-0.2, -0.15) is 5.10 Å². The van der Waals surface area contributed by atoms with Gasteiger partial charge in [-0.15, -0.1) is 0 Å². The fraction of sp³-hybridized carbons (Fsp3) is 0.158. The van der Waals surface area contributed by atoms with Gasteiger partial charge in [0.05, 0.1) is 0 Å². The second-order valence-corrected chi connectivity index (χ2v) is 5.70. The number of carbonyl (C=O) groups is 1. The Morgan fingerprint density at radius 2 is 1.92 bits per heavy atom. The van der Waals surface area contributed by atoms with Gasteiger partial charge in [-0.25, -0.2) is 9.37 Å². The molecule has 1 aromatic heterocycles. The maximum Gasteiger partial charge on any atom is 0.248 e. The standard InChI is InChI=1S/C19H18FN4O/c20-15-10-8-13(9-11-15)12-18-22-17(23-24-18)7-3-5-14-4-1-2-6-16(14)19(21)25/h1-2,4,6-11H,3,5,12H2,(H2,21,25)(H,22,23,24). The first kappa shape index (κ1) is 16.8. The first-order valence-electron chi connectivity index (χ1n) is 7.98. The highest BCUT2D eigenvalue weighted by molar-refractivity contribution is 5.94. The first-order valence-corrected chi connectivity index (χ1v) is 7.98. The number of aromatic nitrogens is 3. The quantitative estimate of drug-likeness (QED) is 0.695. The second-order valence-electron chi connectivity index (χ2n) is 5.70. The van der Waals surface area contributed by atoms with Crippen molar-refractivity contribution in [3.05, 3.63) is 89.1 Å². The maximum atomic E-state index is 12.9. The lowest BCUT2D eigenvalue weighted by Gasteiger charge is -2.05. The van der Waals surface area contributed by atoms with E-state index in [1.807, 2.05) is 18.6 Å². The summed E-state index contributed by atoms with van der Waals surface area (Å²) in [6, 6.07) is 13.6. The van der Waals surface area contributed by atoms with E-state index in [-0.39, 0.29) is 5.82 Å². The number of hydrogen-bond donors (Lipinski definition) is 2. The molecule has 5 nitrogen and oxygen atoms in total. The zero-order valence-electron chi connectivity index (χ0n) is 13.6. The van der Waals surface area contributed by atoms with Gasteiger partial charge in [0.1, 0.15) is 11.6 Å². The van der Waals surface area contributed by atoms with E-state index >= 15 is 0 Å². The Bertz CT molecular complexity index is 858. The highest BCUT2D eigenvalue weighted by atomic mass is 19.1. The van der Waals surface area contributed by atoms with Crippen molar-refractivity contribution in [1.29, 1.82) is 0 Å². The third kappa shape index (κ3) is 4.50. The van der Waals surface area contributed by atoms with Crippen LogP contribution in [0.4, 0.5) is 4.39 Å². The Kier molecular flexibility index (Phi) is 5.18. The topological polar surface area (TPSA) is 84.7 Å². The van der Waals surface area contributed by atoms with E-state index in [2.05, 4.69) is 15.2 Å². The minimum Gasteiger partial charge on any atom is -0.366 e. The second kappa shape index (κ2) is 7.70. The monoisotopic (exact) mass is 337 g/mol. The number of primary amides is 1. The Hall–Kier alpha value is -3.02. The number of nitrogens with two attached hydrogens (primary N) is 1. The minimum atomic E-state index is -0.420. The fourth-order valence-corrected chi connectivity index (χ4v) is 2.61. The van der Waals surface area contributed by atoms with Crippen molar-refractivity contribution in [1.82, 2.24) is 15.2 Å². The summed E-state index contributed by atoms with van der Waals surface area (Å²) < 4.78 is 12.9. The smallest absolute Gasteiger partial charge is 0.248 e. The van der Waals surface area contributed by atoms with Crippen LogP contribution in [0.2, 0.25) is 0 Å². The number of amides is 1. The molecule has 127 valence electrons. The normalized spacial score (nSPS) is 10.8. The van der Waals surface area contributed by atoms with E-state index in [4.69, 9.17) is 5.73 Å². The van der Waals surface area contributed by atoms with Crippen LogP contribution in [0.25, 0.3) is 0 Å². The van der Waals surface area contributed by atoms with Gasteiger partial charge < -0.3 is 5.73 Å². The number of aryl methyl sites for hydroxylation is 1. The average molecular weight is 337 g/mol. The van der Waals surface area contributed by atoms with Crippen LogP contribution in [0.15, 0.2) is 48.5 Å². The van der Waals surface area contributed by atoms with E-state index in [0.29, 0.717) is 36.5 Å². The number of nitrogens with zero attached hydrogens (tertiary/aromatic N) is 2. The van der Waals surface area contributed by atoms with Gasteiger partial charge in [0, 0.05) is 18.4 Å². The zero-order chi connectivity index (χ0) is 17.6. The van der Waals surface area contributed by atoms with Gasteiger partial charge in [0.2, 0.25) is 5.91 Å². The van der Waals surface area contributed by atoms with Crippen LogP contribution in [0.5, 0.6) is 0 Å². The summed E-state index contributed by atoms with van der Waals surface area (Å²) in [6.07, 6.45) is 3.86. The zero-order valence-corrected chi connectivity index (χ0v) is 13.6. The molecule has 3 rings (SSSR count). The number of aromatic amines is 1. The molecular formula is C19H18FN4O. The van der Waals surface area contributed by atoms with Crippen LogP contribution in [0, 0.1) is 12.2 Å². The molecule has 0 fully saturated rings. The highest BCUT2D eigenvalue weighted by Gasteiger charge is 2.09. The molecule has 1 radical (unpaired) electrons. The first-order chi connectivity index (χ1) is 12.1. The molecule has 1 heterocycles. The molecule has 1 amide bonds. The highest BCUT2D eigenvalue weighted by Crippen LogP contribution is 2.13. The van der Waals surface area contributed by atoms with Gasteiger partial charge in [0.15, 0.2) is 5.82 Å². The summed E-state index contributed by atoms with van der Waals surface area (Å²) >= 11 is 0. The van der Waals surface area contributed by atoms with Crippen molar-refractivity contribution in [2.24, 2.45) is 5.73 Å². The molecule has 0 spiro atoms. The molecule has 0 unspecified atom stereocenters. The number of benzene rings is 2. The summed E-state index contributed by atoms with van der Waals surface area (Å²) in [5.41, 5.74) is 7.79. The molecule has 0 saturated carbocycles. The van der Waals surface area contributed by atoms with Crippen LogP contribution in [-0.2, 0) is 12.8 Å². The molecule has 2 aromatic carbocycles. The molecule has 25 heavy (non-hydrogen) atoms. The van der Waals surface area contributed by atoms with Gasteiger partial charge in [-0.3, -0.25) is 9.89 Å². The molecule has 0 aliphatic heterocycles. The summed E-state index contributed by atoms with van der Waals surface area (Å²) in [5, 5.41) is 7.05. The van der Waals surface area contributed by atoms with Crippen LogP contribution in [-0.4, -0.2) is 21.1 Å². The van der Waals surface area contributed by atoms with Crippen LogP contribution >= 0.6 is 0 Å². The summed E-state index contributed by atoms with van der Waals surface area (Å²) in [4.78, 5) is 15.8. The van der Waals surface area contributed by atoms with Crippen LogP contribution in [0.1, 0.15) is 39.6 Å². The lowest BCUT2D eigenvalue weighted by atomic mass is 10.0. The molecular weight excluding hydrogens is 319 g/mol. The molecule has 3 aromatic rings. The molecule has 3 N–H and O–H groups in total. The SMILES string of the molecule is NC(=O)c1ccccc1CC[CH]c1nc(Cc2ccc(F)cc2)n[nH]1. The van der Waals surface area contributed by atoms with Gasteiger partial charge in [-0.05, 0) is 42.2 Å². The Morgan fingerprint density at radius 3 is 2.68 bits per heavy atom. The third-order valence-electron chi connectivity index (χ3n) is 3.86. The van der Waals surface area contributed by atoms with Crippen molar-refractivity contribution in [2.75, 3.05) is 0 Å². The largest absolute Gasteiger partial charge is 0.366 e. The summed E-state index contributed by atoms with van der Waals surface area (Å²) in [6.45, 7) is 0. The predicted molar refractivity (Wildman–Crippen MR) is 92.3 cm³/mol. The molecule has 0 aliphatic carbocycles. The Labute approximate surface area is 145 Å². The summed E-state index contributed by atoms with van der Waals surface area (Å²) in [5.74, 6) is 0.643. The lowest BCUT2D eigenvalue weighted by molar-refractivity contribution is 0.0999. The van der Waals surface area contributed by atoms with Gasteiger partial charge >= 0.3 is 0 Å². The number of halogens is 1. The van der Waals surface area contributed by atoms with Crippen LogP contribution in [0.3, 0.4) is 0 Å². The molecule has 0 aliphatic rings. The van der Waals surface area contributed by atoms with E-state index < -0.39 is 5.91 Å². The Morgan fingerprint density at radius 1 is 1.16 bits per heavy atom. The number of hydrogen-bond acceptors (Lipinski definition) is 3. The van der Waals surface area contributed by atoms with E-state index in [9.17, 15) is 9.18 Å². The van der Waals surface area contributed by atoms with E-state index in [0.717, 1.165) is 11.1 Å². The number of rotatable bonds is 7. The number of carbonyl (C=O) groups excluding carboxylic acids is 1. The summed E-state index contributed by atoms with van der Waals surface area (Å²) in [7, 11) is 0. The molecule has 0 atom stereocenters. The average Bonchev–Trinajstić information content (AvgIpc) is 3.04. The number of nitrogens with one attached hydrogen (secondary N) is 1. The van der Waals surface area contributed by atoms with Gasteiger partial charge in [0.25, 0.3) is 0 Å². The van der Waals surface area contributed by atoms with Crippen molar-refractivity contribution >= 4 is 5.91 Å². The fourth-order valence-electron chi connectivity index (χ4n) is 2.61. The predicted octanol–water partition coefficient (Wildman–Crippen LogP) is 2.82. The van der Waals surface area contributed by atoms with E-state index in [1.54, 1.807) is 24.3 Å². The minimum absolute atomic E-state index is 0.260.